The number of ether oxygens (including phenoxy) is 1. The van der Waals surface area contributed by atoms with E-state index in [1.54, 1.807) is 7.11 Å². The third-order valence-electron chi connectivity index (χ3n) is 3.04. The largest absolute Gasteiger partial charge is 0.497 e. The molecule has 0 aliphatic heterocycles. The standard InChI is InChI=1S/C13H17N3O/c1-9-12(15-13(14)16(9)2)8-10-4-6-11(17-3)7-5-10/h4-7H,8H2,1-3H3,(H2,14,15). The van der Waals surface area contributed by atoms with Gasteiger partial charge in [0.15, 0.2) is 5.95 Å². The van der Waals surface area contributed by atoms with Crippen LogP contribution in [0.1, 0.15) is 17.0 Å². The molecule has 0 unspecified atom stereocenters. The van der Waals surface area contributed by atoms with Crippen LogP contribution in [0, 0.1) is 6.92 Å². The second-order valence-electron chi connectivity index (χ2n) is 4.09. The van der Waals surface area contributed by atoms with Crippen LogP contribution in [-0.2, 0) is 13.5 Å². The van der Waals surface area contributed by atoms with Gasteiger partial charge >= 0.3 is 0 Å². The predicted octanol–water partition coefficient (Wildman–Crippen LogP) is 1.91. The number of methoxy groups -OCH3 is 1. The number of hydrogen-bond donors (Lipinski definition) is 1. The lowest BCUT2D eigenvalue weighted by Gasteiger charge is -2.03. The van der Waals surface area contributed by atoms with Crippen molar-refractivity contribution in [2.24, 2.45) is 7.05 Å². The van der Waals surface area contributed by atoms with Crippen molar-refractivity contribution in [1.29, 1.82) is 0 Å². The summed E-state index contributed by atoms with van der Waals surface area (Å²) < 4.78 is 7.03. The van der Waals surface area contributed by atoms with Crippen molar-refractivity contribution >= 4 is 5.95 Å². The summed E-state index contributed by atoms with van der Waals surface area (Å²) in [6.45, 7) is 2.03. The number of nitrogen functional groups attached to an aromatic ring is 1. The fourth-order valence-corrected chi connectivity index (χ4v) is 1.76. The molecule has 4 nitrogen and oxygen atoms in total. The zero-order valence-corrected chi connectivity index (χ0v) is 10.4. The molecule has 17 heavy (non-hydrogen) atoms. The summed E-state index contributed by atoms with van der Waals surface area (Å²) in [5.41, 5.74) is 9.11. The number of nitrogens with zero attached hydrogens (tertiary/aromatic N) is 2. The molecule has 2 rings (SSSR count). The summed E-state index contributed by atoms with van der Waals surface area (Å²) in [4.78, 5) is 4.36. The molecule has 1 aromatic carbocycles. The lowest BCUT2D eigenvalue weighted by Crippen LogP contribution is -1.98. The Morgan fingerprint density at radius 3 is 2.41 bits per heavy atom. The third kappa shape index (κ3) is 2.25. The van der Waals surface area contributed by atoms with Crippen LogP contribution in [0.25, 0.3) is 0 Å². The highest BCUT2D eigenvalue weighted by Crippen LogP contribution is 2.17. The van der Waals surface area contributed by atoms with Gasteiger partial charge in [-0.1, -0.05) is 12.1 Å². The molecular weight excluding hydrogens is 214 g/mol. The first-order chi connectivity index (χ1) is 8.11. The molecule has 2 aromatic rings. The minimum Gasteiger partial charge on any atom is -0.497 e. The molecule has 0 atom stereocenters. The molecule has 0 amide bonds. The summed E-state index contributed by atoms with van der Waals surface area (Å²) in [6.07, 6.45) is 0.793. The van der Waals surface area contributed by atoms with Gasteiger partial charge < -0.3 is 15.0 Å². The van der Waals surface area contributed by atoms with Crippen LogP contribution in [0.2, 0.25) is 0 Å². The number of aromatic nitrogens is 2. The average Bonchev–Trinajstić information content (AvgIpc) is 2.58. The lowest BCUT2D eigenvalue weighted by atomic mass is 10.1. The zero-order chi connectivity index (χ0) is 12.4. The maximum Gasteiger partial charge on any atom is 0.200 e. The van der Waals surface area contributed by atoms with Crippen molar-refractivity contribution in [3.8, 4) is 5.75 Å². The molecular formula is C13H17N3O. The molecule has 2 N–H and O–H groups in total. The zero-order valence-electron chi connectivity index (χ0n) is 10.4. The van der Waals surface area contributed by atoms with E-state index in [0.717, 1.165) is 23.6 Å². The molecule has 0 radical (unpaired) electrons. The van der Waals surface area contributed by atoms with Crippen molar-refractivity contribution in [2.75, 3.05) is 12.8 Å². The summed E-state index contributed by atoms with van der Waals surface area (Å²) in [6, 6.07) is 8.00. The molecule has 0 aliphatic rings. The quantitative estimate of drug-likeness (QED) is 0.878. The normalized spacial score (nSPS) is 10.5. The molecule has 4 heteroatoms. The summed E-state index contributed by atoms with van der Waals surface area (Å²) in [5, 5.41) is 0. The first kappa shape index (κ1) is 11.5. The van der Waals surface area contributed by atoms with Crippen LogP contribution in [0.5, 0.6) is 5.75 Å². The highest BCUT2D eigenvalue weighted by molar-refractivity contribution is 5.34. The van der Waals surface area contributed by atoms with E-state index < -0.39 is 0 Å². The van der Waals surface area contributed by atoms with Gasteiger partial charge in [-0.2, -0.15) is 0 Å². The van der Waals surface area contributed by atoms with E-state index in [-0.39, 0.29) is 0 Å². The predicted molar refractivity (Wildman–Crippen MR) is 68.2 cm³/mol. The Morgan fingerprint density at radius 2 is 1.94 bits per heavy atom. The molecule has 1 heterocycles. The summed E-state index contributed by atoms with van der Waals surface area (Å²) >= 11 is 0. The average molecular weight is 231 g/mol. The summed E-state index contributed by atoms with van der Waals surface area (Å²) in [7, 11) is 3.59. The highest BCUT2D eigenvalue weighted by Gasteiger charge is 2.09. The molecule has 1 aromatic heterocycles. The van der Waals surface area contributed by atoms with E-state index in [4.69, 9.17) is 10.5 Å². The van der Waals surface area contributed by atoms with E-state index in [1.807, 2.05) is 42.8 Å². The van der Waals surface area contributed by atoms with Crippen LogP contribution >= 0.6 is 0 Å². The minimum absolute atomic E-state index is 0.561. The van der Waals surface area contributed by atoms with Crippen molar-refractivity contribution in [2.45, 2.75) is 13.3 Å². The first-order valence-corrected chi connectivity index (χ1v) is 5.52. The summed E-state index contributed by atoms with van der Waals surface area (Å²) in [5.74, 6) is 1.43. The van der Waals surface area contributed by atoms with Crippen LogP contribution < -0.4 is 10.5 Å². The topological polar surface area (TPSA) is 53.1 Å². The van der Waals surface area contributed by atoms with Gasteiger partial charge in [-0.15, -0.1) is 0 Å². The van der Waals surface area contributed by atoms with E-state index >= 15 is 0 Å². The van der Waals surface area contributed by atoms with Crippen LogP contribution in [0.15, 0.2) is 24.3 Å². The molecule has 0 bridgehead atoms. The Bertz CT molecular complexity index is 514. The fourth-order valence-electron chi connectivity index (χ4n) is 1.76. The fraction of sp³-hybridized carbons (Fsp3) is 0.308. The smallest absolute Gasteiger partial charge is 0.200 e. The number of imidazole rings is 1. The maximum atomic E-state index is 5.77. The van der Waals surface area contributed by atoms with Crippen molar-refractivity contribution in [3.05, 3.63) is 41.2 Å². The number of benzene rings is 1. The van der Waals surface area contributed by atoms with Gasteiger partial charge in [0.2, 0.25) is 0 Å². The lowest BCUT2D eigenvalue weighted by molar-refractivity contribution is 0.414. The Balaban J connectivity index is 2.22. The van der Waals surface area contributed by atoms with E-state index in [0.29, 0.717) is 5.95 Å². The van der Waals surface area contributed by atoms with E-state index in [1.165, 1.54) is 5.56 Å². The van der Waals surface area contributed by atoms with Crippen LogP contribution in [-0.4, -0.2) is 16.7 Å². The number of hydrogen-bond acceptors (Lipinski definition) is 3. The van der Waals surface area contributed by atoms with Gasteiger partial charge in [0.1, 0.15) is 5.75 Å². The molecule has 0 aliphatic carbocycles. The van der Waals surface area contributed by atoms with Gasteiger partial charge in [-0.25, -0.2) is 4.98 Å². The van der Waals surface area contributed by atoms with Crippen molar-refractivity contribution < 1.29 is 4.74 Å². The van der Waals surface area contributed by atoms with Crippen molar-refractivity contribution in [3.63, 3.8) is 0 Å². The third-order valence-corrected chi connectivity index (χ3v) is 3.04. The van der Waals surface area contributed by atoms with E-state index in [2.05, 4.69) is 4.98 Å². The number of anilines is 1. The van der Waals surface area contributed by atoms with Gasteiger partial charge in [0.25, 0.3) is 0 Å². The van der Waals surface area contributed by atoms with Gasteiger partial charge in [0, 0.05) is 19.2 Å². The number of nitrogens with two attached hydrogens (primary N) is 1. The monoisotopic (exact) mass is 231 g/mol. The molecule has 90 valence electrons. The highest BCUT2D eigenvalue weighted by atomic mass is 16.5. The Kier molecular flexibility index (Phi) is 3.04. The second kappa shape index (κ2) is 4.49. The van der Waals surface area contributed by atoms with Gasteiger partial charge in [-0.3, -0.25) is 0 Å². The SMILES string of the molecule is COc1ccc(Cc2nc(N)n(C)c2C)cc1. The molecule has 0 saturated heterocycles. The molecule has 0 fully saturated rings. The number of rotatable bonds is 3. The van der Waals surface area contributed by atoms with Gasteiger partial charge in [-0.05, 0) is 24.6 Å². The second-order valence-corrected chi connectivity index (χ2v) is 4.09. The molecule has 0 spiro atoms. The van der Waals surface area contributed by atoms with Crippen molar-refractivity contribution in [1.82, 2.24) is 9.55 Å². The Morgan fingerprint density at radius 1 is 1.29 bits per heavy atom. The Labute approximate surface area is 101 Å². The van der Waals surface area contributed by atoms with Crippen LogP contribution in [0.4, 0.5) is 5.95 Å². The first-order valence-electron chi connectivity index (χ1n) is 5.52. The maximum absolute atomic E-state index is 5.77. The minimum atomic E-state index is 0.561. The van der Waals surface area contributed by atoms with Gasteiger partial charge in [0.05, 0.1) is 12.8 Å². The molecule has 0 saturated carbocycles. The van der Waals surface area contributed by atoms with Crippen LogP contribution in [0.3, 0.4) is 0 Å². The van der Waals surface area contributed by atoms with E-state index in [9.17, 15) is 0 Å². The Hall–Kier alpha value is -1.97.